The van der Waals surface area contributed by atoms with Crippen molar-refractivity contribution in [2.45, 2.75) is 25.7 Å². The second-order valence-electron chi connectivity index (χ2n) is 6.90. The van der Waals surface area contributed by atoms with E-state index in [0.717, 1.165) is 25.9 Å². The van der Waals surface area contributed by atoms with E-state index in [4.69, 9.17) is 0 Å². The molecule has 2 N–H and O–H groups in total. The van der Waals surface area contributed by atoms with Crippen LogP contribution in [0.15, 0.2) is 42.5 Å². The molecule has 3 rings (SSSR count). The summed E-state index contributed by atoms with van der Waals surface area (Å²) in [4.78, 5) is 27.0. The van der Waals surface area contributed by atoms with Gasteiger partial charge in [-0.15, -0.1) is 0 Å². The molecule has 2 aromatic rings. The van der Waals surface area contributed by atoms with Gasteiger partial charge in [-0.2, -0.15) is 0 Å². The number of rotatable bonds is 5. The number of carbonyl (C=O) groups excluding carboxylic acids is 2. The van der Waals surface area contributed by atoms with Gasteiger partial charge in [-0.1, -0.05) is 18.9 Å². The minimum absolute atomic E-state index is 0.0570. The summed E-state index contributed by atoms with van der Waals surface area (Å²) in [7, 11) is 0. The number of likely N-dealkylation sites (tertiary alicyclic amines) is 1. The van der Waals surface area contributed by atoms with Gasteiger partial charge in [0.25, 0.3) is 5.91 Å². The van der Waals surface area contributed by atoms with E-state index in [1.165, 1.54) is 31.0 Å². The lowest BCUT2D eigenvalue weighted by atomic mass is 10.2. The maximum atomic E-state index is 13.2. The van der Waals surface area contributed by atoms with Gasteiger partial charge >= 0.3 is 0 Å². The van der Waals surface area contributed by atoms with Crippen LogP contribution in [0, 0.1) is 9.39 Å². The van der Waals surface area contributed by atoms with Gasteiger partial charge in [0.2, 0.25) is 5.91 Å². The molecule has 7 heteroatoms. The highest BCUT2D eigenvalue weighted by atomic mass is 127. The highest BCUT2D eigenvalue weighted by molar-refractivity contribution is 14.1. The number of hydrogen-bond acceptors (Lipinski definition) is 3. The summed E-state index contributed by atoms with van der Waals surface area (Å²) in [6, 6.07) is 11.1. The van der Waals surface area contributed by atoms with Gasteiger partial charge < -0.3 is 10.6 Å². The van der Waals surface area contributed by atoms with Crippen molar-refractivity contribution in [2.75, 3.05) is 30.3 Å². The fourth-order valence-electron chi connectivity index (χ4n) is 3.24. The molecule has 0 unspecified atom stereocenters. The first-order valence-corrected chi connectivity index (χ1v) is 10.5. The van der Waals surface area contributed by atoms with Gasteiger partial charge in [0, 0.05) is 14.9 Å². The van der Waals surface area contributed by atoms with Crippen LogP contribution >= 0.6 is 22.6 Å². The average Bonchev–Trinajstić information content (AvgIpc) is 2.90. The fraction of sp³-hybridized carbons (Fsp3) is 0.333. The zero-order valence-corrected chi connectivity index (χ0v) is 17.7. The predicted molar refractivity (Wildman–Crippen MR) is 117 cm³/mol. The van der Waals surface area contributed by atoms with Gasteiger partial charge in [-0.05, 0) is 84.9 Å². The Kier molecular flexibility index (Phi) is 7.38. The van der Waals surface area contributed by atoms with Crippen molar-refractivity contribution in [3.63, 3.8) is 0 Å². The summed E-state index contributed by atoms with van der Waals surface area (Å²) < 4.78 is 13.8. The molecule has 0 atom stereocenters. The molecule has 0 aliphatic carbocycles. The molecule has 1 aliphatic rings. The van der Waals surface area contributed by atoms with Crippen LogP contribution in [0.2, 0.25) is 0 Å². The molecular weight excluding hydrogens is 472 g/mol. The number of hydrogen-bond donors (Lipinski definition) is 2. The maximum absolute atomic E-state index is 13.2. The molecule has 2 aromatic carbocycles. The van der Waals surface area contributed by atoms with Crippen molar-refractivity contribution < 1.29 is 14.0 Å². The Labute approximate surface area is 177 Å². The second kappa shape index (κ2) is 9.97. The smallest absolute Gasteiger partial charge is 0.256 e. The Morgan fingerprint density at radius 2 is 1.64 bits per heavy atom. The maximum Gasteiger partial charge on any atom is 0.256 e. The van der Waals surface area contributed by atoms with Crippen LogP contribution in [0.25, 0.3) is 0 Å². The molecule has 1 aliphatic heterocycles. The average molecular weight is 495 g/mol. The fourth-order valence-corrected chi connectivity index (χ4v) is 3.97. The summed E-state index contributed by atoms with van der Waals surface area (Å²) in [5, 5.41) is 5.69. The molecular formula is C21H23FIN3O2. The van der Waals surface area contributed by atoms with E-state index in [0.29, 0.717) is 27.1 Å². The number of nitrogens with zero attached hydrogens (tertiary/aromatic N) is 1. The van der Waals surface area contributed by atoms with Crippen molar-refractivity contribution in [3.05, 3.63) is 57.4 Å². The number of halogens is 2. The Morgan fingerprint density at radius 3 is 2.32 bits per heavy atom. The third-order valence-corrected chi connectivity index (χ3v) is 5.54. The lowest BCUT2D eigenvalue weighted by Crippen LogP contribution is -2.33. The lowest BCUT2D eigenvalue weighted by molar-refractivity contribution is -0.117. The Bertz CT molecular complexity index is 851. The second-order valence-corrected chi connectivity index (χ2v) is 8.06. The molecule has 28 heavy (non-hydrogen) atoms. The first kappa shape index (κ1) is 20.7. The number of amides is 2. The Morgan fingerprint density at radius 1 is 0.964 bits per heavy atom. The number of nitrogens with one attached hydrogen (secondary N) is 2. The normalized spacial score (nSPS) is 14.9. The van der Waals surface area contributed by atoms with Crippen LogP contribution in [-0.4, -0.2) is 36.3 Å². The van der Waals surface area contributed by atoms with E-state index in [2.05, 4.69) is 15.5 Å². The van der Waals surface area contributed by atoms with Crippen molar-refractivity contribution in [1.29, 1.82) is 0 Å². The minimum Gasteiger partial charge on any atom is -0.325 e. The summed E-state index contributed by atoms with van der Waals surface area (Å²) >= 11 is 1.93. The van der Waals surface area contributed by atoms with Crippen LogP contribution in [0.5, 0.6) is 0 Å². The molecule has 1 fully saturated rings. The van der Waals surface area contributed by atoms with Crippen molar-refractivity contribution >= 4 is 45.8 Å². The van der Waals surface area contributed by atoms with E-state index < -0.39 is 0 Å². The highest BCUT2D eigenvalue weighted by Gasteiger charge is 2.14. The van der Waals surface area contributed by atoms with Gasteiger partial charge in [0.1, 0.15) is 5.82 Å². The largest absolute Gasteiger partial charge is 0.325 e. The molecule has 1 heterocycles. The van der Waals surface area contributed by atoms with Crippen LogP contribution in [0.1, 0.15) is 36.0 Å². The first-order chi connectivity index (χ1) is 13.5. The quantitative estimate of drug-likeness (QED) is 0.601. The Hall–Kier alpha value is -2.00. The summed E-state index contributed by atoms with van der Waals surface area (Å²) in [5.41, 5.74) is 1.60. The van der Waals surface area contributed by atoms with E-state index in [-0.39, 0.29) is 17.6 Å². The van der Waals surface area contributed by atoms with Crippen LogP contribution in [0.4, 0.5) is 15.8 Å². The predicted octanol–water partition coefficient (Wildman–Crippen LogP) is 4.50. The van der Waals surface area contributed by atoms with Crippen LogP contribution in [0.3, 0.4) is 0 Å². The van der Waals surface area contributed by atoms with Gasteiger partial charge in [-0.25, -0.2) is 4.39 Å². The molecule has 2 amide bonds. The van der Waals surface area contributed by atoms with E-state index in [1.807, 2.05) is 22.6 Å². The highest BCUT2D eigenvalue weighted by Crippen LogP contribution is 2.19. The number of carbonyl (C=O) groups is 2. The number of anilines is 2. The third kappa shape index (κ3) is 6.00. The molecule has 0 saturated carbocycles. The van der Waals surface area contributed by atoms with Crippen LogP contribution < -0.4 is 10.6 Å². The molecule has 148 valence electrons. The molecule has 1 saturated heterocycles. The Balaban J connectivity index is 1.60. The molecule has 0 spiro atoms. The van der Waals surface area contributed by atoms with Crippen LogP contribution in [-0.2, 0) is 4.79 Å². The number of benzene rings is 2. The van der Waals surface area contributed by atoms with E-state index >= 15 is 0 Å². The van der Waals surface area contributed by atoms with Crippen molar-refractivity contribution in [3.8, 4) is 0 Å². The third-order valence-electron chi connectivity index (χ3n) is 4.65. The summed E-state index contributed by atoms with van der Waals surface area (Å²) in [5.74, 6) is -0.758. The minimum atomic E-state index is -0.380. The zero-order valence-electron chi connectivity index (χ0n) is 15.5. The topological polar surface area (TPSA) is 61.4 Å². The molecule has 0 aromatic heterocycles. The van der Waals surface area contributed by atoms with Gasteiger partial charge in [0.15, 0.2) is 0 Å². The SMILES string of the molecule is O=C(CN1CCCCCC1)Nc1cccc(NC(=O)c2ccc(F)cc2I)c1. The summed E-state index contributed by atoms with van der Waals surface area (Å²) in [6.07, 6.45) is 4.73. The first-order valence-electron chi connectivity index (χ1n) is 9.40. The van der Waals surface area contributed by atoms with Gasteiger partial charge in [0.05, 0.1) is 12.1 Å². The van der Waals surface area contributed by atoms with Gasteiger partial charge in [-0.3, -0.25) is 14.5 Å². The molecule has 5 nitrogen and oxygen atoms in total. The lowest BCUT2D eigenvalue weighted by Gasteiger charge is -2.19. The van der Waals surface area contributed by atoms with Crippen molar-refractivity contribution in [2.24, 2.45) is 0 Å². The molecule has 0 bridgehead atoms. The monoisotopic (exact) mass is 495 g/mol. The van der Waals surface area contributed by atoms with E-state index in [9.17, 15) is 14.0 Å². The standard InChI is InChI=1S/C21H23FIN3O2/c22-15-8-9-18(19(23)12-15)21(28)25-17-7-5-6-16(13-17)24-20(27)14-26-10-3-1-2-4-11-26/h5-9,12-13H,1-4,10-11,14H2,(H,24,27)(H,25,28). The zero-order chi connectivity index (χ0) is 19.9. The molecule has 0 radical (unpaired) electrons. The van der Waals surface area contributed by atoms with Crippen molar-refractivity contribution in [1.82, 2.24) is 4.90 Å². The van der Waals surface area contributed by atoms with E-state index in [1.54, 1.807) is 24.3 Å². The summed E-state index contributed by atoms with van der Waals surface area (Å²) in [6.45, 7) is 2.30.